The Hall–Kier alpha value is -10.5. The van der Waals surface area contributed by atoms with Gasteiger partial charge in [0.25, 0.3) is 0 Å². The zero-order valence-corrected chi connectivity index (χ0v) is 43.9. The predicted octanol–water partition coefficient (Wildman–Crippen LogP) is 21.7. The smallest absolute Gasteiger partial charge is 0.0541 e. The lowest BCUT2D eigenvalue weighted by Crippen LogP contribution is -2.09. The van der Waals surface area contributed by atoms with Crippen LogP contribution in [0.3, 0.4) is 0 Å². The van der Waals surface area contributed by atoms with E-state index in [0.29, 0.717) is 0 Å². The number of hydrogen-bond acceptors (Lipinski definition) is 1. The van der Waals surface area contributed by atoms with Crippen molar-refractivity contribution in [3.8, 4) is 72.4 Å². The molecule has 1 heterocycles. The molecule has 0 aliphatic rings. The van der Waals surface area contributed by atoms with E-state index in [4.69, 9.17) is 0 Å². The summed E-state index contributed by atoms with van der Waals surface area (Å²) in [6, 6.07) is 115. The summed E-state index contributed by atoms with van der Waals surface area (Å²) >= 11 is 0. The number of anilines is 3. The van der Waals surface area contributed by atoms with Crippen LogP contribution < -0.4 is 4.90 Å². The first-order valence-electron chi connectivity index (χ1n) is 27.6. The fraction of sp³-hybridized carbons (Fsp3) is 0. The first kappa shape index (κ1) is 46.7. The Morgan fingerprint density at radius 1 is 0.212 bits per heavy atom. The van der Waals surface area contributed by atoms with Gasteiger partial charge in [-0.3, -0.25) is 0 Å². The van der Waals surface area contributed by atoms with Gasteiger partial charge in [-0.05, 0) is 166 Å². The van der Waals surface area contributed by atoms with Gasteiger partial charge in [0.05, 0.1) is 11.0 Å². The Labute approximate surface area is 466 Å². The van der Waals surface area contributed by atoms with Gasteiger partial charge >= 0.3 is 0 Å². The van der Waals surface area contributed by atoms with E-state index in [-0.39, 0.29) is 0 Å². The molecule has 14 aromatic carbocycles. The van der Waals surface area contributed by atoms with Crippen molar-refractivity contribution in [1.29, 1.82) is 0 Å². The highest BCUT2D eigenvalue weighted by Gasteiger charge is 2.19. The lowest BCUT2D eigenvalue weighted by Gasteiger charge is -2.26. The van der Waals surface area contributed by atoms with Crippen LogP contribution in [0.1, 0.15) is 0 Å². The number of rotatable bonds is 10. The molecule has 0 radical (unpaired) electrons. The minimum absolute atomic E-state index is 1.08. The molecule has 2 heteroatoms. The van der Waals surface area contributed by atoms with Gasteiger partial charge in [-0.15, -0.1) is 0 Å². The Kier molecular flexibility index (Phi) is 11.6. The second kappa shape index (κ2) is 19.8. The molecule has 0 atom stereocenters. The van der Waals surface area contributed by atoms with Crippen LogP contribution in [-0.2, 0) is 0 Å². The van der Waals surface area contributed by atoms with Crippen molar-refractivity contribution >= 4 is 71.2 Å². The first-order valence-corrected chi connectivity index (χ1v) is 27.6. The molecule has 0 spiro atoms. The van der Waals surface area contributed by atoms with Gasteiger partial charge in [0.1, 0.15) is 0 Å². The van der Waals surface area contributed by atoms with E-state index in [1.807, 2.05) is 0 Å². The molecule has 15 rings (SSSR count). The lowest BCUT2D eigenvalue weighted by atomic mass is 9.86. The quantitative estimate of drug-likeness (QED) is 0.124. The fourth-order valence-corrected chi connectivity index (χ4v) is 12.4. The van der Waals surface area contributed by atoms with Crippen LogP contribution in [0.4, 0.5) is 17.1 Å². The van der Waals surface area contributed by atoms with Gasteiger partial charge in [-0.25, -0.2) is 0 Å². The molecule has 80 heavy (non-hydrogen) atoms. The molecule has 374 valence electrons. The molecule has 0 saturated carbocycles. The van der Waals surface area contributed by atoms with Crippen LogP contribution in [0, 0.1) is 0 Å². The molecule has 2 nitrogen and oxygen atoms in total. The van der Waals surface area contributed by atoms with E-state index in [0.717, 1.165) is 28.3 Å². The van der Waals surface area contributed by atoms with Crippen molar-refractivity contribution in [2.24, 2.45) is 0 Å². The van der Waals surface area contributed by atoms with Crippen molar-refractivity contribution in [1.82, 2.24) is 4.57 Å². The maximum atomic E-state index is 2.37. The number of nitrogens with zero attached hydrogens (tertiary/aromatic N) is 2. The third-order valence-electron chi connectivity index (χ3n) is 16.2. The Morgan fingerprint density at radius 2 is 0.575 bits per heavy atom. The van der Waals surface area contributed by atoms with Gasteiger partial charge in [0.15, 0.2) is 0 Å². The maximum absolute atomic E-state index is 2.37. The van der Waals surface area contributed by atoms with Crippen molar-refractivity contribution in [2.45, 2.75) is 0 Å². The first-order chi connectivity index (χ1) is 39.7. The molecule has 0 amide bonds. The Balaban J connectivity index is 0.774. The summed E-state index contributed by atoms with van der Waals surface area (Å²) in [6.45, 7) is 0. The van der Waals surface area contributed by atoms with Crippen LogP contribution in [-0.4, -0.2) is 4.57 Å². The standard InChI is InChI=1S/C78H52N2/c1-3-17-60(18-4-1)77-70-24-9-11-26-72(70)78(73-27-12-10-25-71(73)77)61-36-32-54(33-37-61)56-40-47-65(48-41-56)79(64-45-38-55(39-46-64)53-30-34-59(35-31-53)68-28-15-19-58-16-7-8-22-67(58)68)66-49-42-57(43-50-66)62-44-51-76-74(52-62)69-23-13-14-29-75(69)80(76)63-20-5-2-6-21-63/h1-52H. The van der Waals surface area contributed by atoms with Crippen molar-refractivity contribution in [3.63, 3.8) is 0 Å². The molecule has 0 aliphatic carbocycles. The summed E-state index contributed by atoms with van der Waals surface area (Å²) in [6.07, 6.45) is 0. The average molecular weight is 1020 g/mol. The monoisotopic (exact) mass is 1020 g/mol. The molecule has 0 unspecified atom stereocenters. The van der Waals surface area contributed by atoms with E-state index in [1.54, 1.807) is 0 Å². The summed E-state index contributed by atoms with van der Waals surface area (Å²) in [7, 11) is 0. The van der Waals surface area contributed by atoms with Crippen molar-refractivity contribution < 1.29 is 0 Å². The molecule has 0 N–H and O–H groups in total. The third-order valence-corrected chi connectivity index (χ3v) is 16.2. The molecule has 15 aromatic rings. The number of benzene rings is 14. The highest BCUT2D eigenvalue weighted by molar-refractivity contribution is 6.21. The second-order valence-corrected chi connectivity index (χ2v) is 20.8. The maximum Gasteiger partial charge on any atom is 0.0541 e. The Bertz CT molecular complexity index is 4690. The molecule has 0 fully saturated rings. The van der Waals surface area contributed by atoms with Gasteiger partial charge in [0, 0.05) is 33.5 Å². The van der Waals surface area contributed by atoms with Crippen molar-refractivity contribution in [2.75, 3.05) is 4.90 Å². The van der Waals surface area contributed by atoms with Gasteiger partial charge < -0.3 is 9.47 Å². The third kappa shape index (κ3) is 8.21. The van der Waals surface area contributed by atoms with E-state index in [9.17, 15) is 0 Å². The summed E-state index contributed by atoms with van der Waals surface area (Å²) in [5.74, 6) is 0. The highest BCUT2D eigenvalue weighted by Crippen LogP contribution is 2.45. The van der Waals surface area contributed by atoms with Crippen LogP contribution in [0.25, 0.3) is 127 Å². The summed E-state index contributed by atoms with van der Waals surface area (Å²) in [4.78, 5) is 2.37. The normalized spacial score (nSPS) is 11.5. The zero-order valence-electron chi connectivity index (χ0n) is 43.9. The van der Waals surface area contributed by atoms with E-state index < -0.39 is 0 Å². The minimum Gasteiger partial charge on any atom is -0.311 e. The van der Waals surface area contributed by atoms with Crippen LogP contribution >= 0.6 is 0 Å². The molecule has 1 aromatic heterocycles. The molecule has 0 aliphatic heterocycles. The number of fused-ring (bicyclic) bond motifs is 6. The number of aromatic nitrogens is 1. The minimum atomic E-state index is 1.08. The average Bonchev–Trinajstić information content (AvgIpc) is 3.92. The largest absolute Gasteiger partial charge is 0.311 e. The van der Waals surface area contributed by atoms with Crippen LogP contribution in [0.5, 0.6) is 0 Å². The lowest BCUT2D eigenvalue weighted by molar-refractivity contribution is 1.18. The Morgan fingerprint density at radius 3 is 1.11 bits per heavy atom. The van der Waals surface area contributed by atoms with E-state index >= 15 is 0 Å². The summed E-state index contributed by atoms with van der Waals surface area (Å²) in [5, 5.41) is 10.0. The molecular weight excluding hydrogens is 965 g/mol. The van der Waals surface area contributed by atoms with E-state index in [1.165, 1.54) is 115 Å². The van der Waals surface area contributed by atoms with Crippen molar-refractivity contribution in [3.05, 3.63) is 315 Å². The van der Waals surface area contributed by atoms with Gasteiger partial charge in [0.2, 0.25) is 0 Å². The summed E-state index contributed by atoms with van der Waals surface area (Å²) in [5.41, 5.74) is 21.3. The zero-order chi connectivity index (χ0) is 52.9. The molecule has 0 saturated heterocycles. The number of hydrogen-bond donors (Lipinski definition) is 0. The van der Waals surface area contributed by atoms with Gasteiger partial charge in [-0.1, -0.05) is 249 Å². The molecule has 0 bridgehead atoms. The number of para-hydroxylation sites is 2. The topological polar surface area (TPSA) is 8.17 Å². The van der Waals surface area contributed by atoms with Crippen LogP contribution in [0.2, 0.25) is 0 Å². The highest BCUT2D eigenvalue weighted by atomic mass is 15.1. The molecular formula is C78H52N2. The van der Waals surface area contributed by atoms with Gasteiger partial charge in [-0.2, -0.15) is 0 Å². The second-order valence-electron chi connectivity index (χ2n) is 20.8. The summed E-state index contributed by atoms with van der Waals surface area (Å²) < 4.78 is 2.37. The SMILES string of the molecule is c1ccc(-c2c3ccccc3c(-c3ccc(-c4ccc(N(c5ccc(-c6ccc(-c7cccc8ccccc78)cc6)cc5)c5ccc(-c6ccc7c(c6)c6ccccc6n7-c6ccccc6)cc5)cc4)cc3)c3ccccc23)cc1. The van der Waals surface area contributed by atoms with Crippen LogP contribution in [0.15, 0.2) is 315 Å². The fourth-order valence-electron chi connectivity index (χ4n) is 12.4. The predicted molar refractivity (Wildman–Crippen MR) is 341 cm³/mol. The van der Waals surface area contributed by atoms with E-state index in [2.05, 4.69) is 325 Å².